The van der Waals surface area contributed by atoms with Crippen molar-refractivity contribution in [2.24, 2.45) is 5.41 Å². The van der Waals surface area contributed by atoms with Crippen molar-refractivity contribution in [2.45, 2.75) is 50.7 Å². The lowest BCUT2D eigenvalue weighted by molar-refractivity contribution is -0.200. The third-order valence-electron chi connectivity index (χ3n) is 8.52. The molecule has 12 heteroatoms. The molecule has 212 valence electrons. The number of likely N-dealkylation sites (tertiary alicyclic amines) is 1. The molecule has 2 saturated heterocycles. The van der Waals surface area contributed by atoms with Crippen LogP contribution in [0.4, 0.5) is 24.5 Å². The maximum atomic E-state index is 14.5. The van der Waals surface area contributed by atoms with Gasteiger partial charge in [0.15, 0.2) is 6.04 Å². The quantitative estimate of drug-likeness (QED) is 0.447. The van der Waals surface area contributed by atoms with E-state index in [-0.39, 0.29) is 36.5 Å². The van der Waals surface area contributed by atoms with Crippen molar-refractivity contribution in [3.63, 3.8) is 0 Å². The molecule has 0 aliphatic carbocycles. The molecule has 6 rings (SSSR count). The number of amides is 1. The zero-order valence-corrected chi connectivity index (χ0v) is 22.7. The summed E-state index contributed by atoms with van der Waals surface area (Å²) in [4.78, 5) is 20.7. The lowest BCUT2D eigenvalue weighted by Crippen LogP contribution is -2.55. The Morgan fingerprint density at radius 3 is 2.35 bits per heavy atom. The Morgan fingerprint density at radius 2 is 1.68 bits per heavy atom. The SMILES string of the molecule is O=C1N([C@@H](c2ccc(N3CCCc4c3cnn4-c3cccnc3)cc2)C(F)(F)F)CCCC12CCS(=O)(=O)CC2. The van der Waals surface area contributed by atoms with E-state index in [0.717, 1.165) is 40.5 Å². The first-order valence-electron chi connectivity index (χ1n) is 13.5. The van der Waals surface area contributed by atoms with Crippen LogP contribution in [0.15, 0.2) is 55.0 Å². The topological polar surface area (TPSA) is 88.4 Å². The molecule has 0 radical (unpaired) electrons. The molecule has 1 aromatic carbocycles. The molecular formula is C28H30F3N5O3S. The van der Waals surface area contributed by atoms with Crippen LogP contribution in [0.2, 0.25) is 0 Å². The lowest BCUT2D eigenvalue weighted by Gasteiger charge is -2.46. The molecule has 1 atom stereocenters. The Hall–Kier alpha value is -3.41. The molecule has 0 N–H and O–H groups in total. The zero-order chi connectivity index (χ0) is 28.1. The molecule has 2 aromatic heterocycles. The summed E-state index contributed by atoms with van der Waals surface area (Å²) >= 11 is 0. The highest BCUT2D eigenvalue weighted by molar-refractivity contribution is 7.91. The van der Waals surface area contributed by atoms with E-state index >= 15 is 0 Å². The van der Waals surface area contributed by atoms with Crippen LogP contribution in [-0.4, -0.2) is 64.8 Å². The van der Waals surface area contributed by atoms with E-state index in [0.29, 0.717) is 19.4 Å². The number of piperidine rings is 1. The number of benzene rings is 1. The predicted octanol–water partition coefficient (Wildman–Crippen LogP) is 4.77. The number of aromatic nitrogens is 3. The van der Waals surface area contributed by atoms with Crippen molar-refractivity contribution < 1.29 is 26.4 Å². The lowest BCUT2D eigenvalue weighted by atomic mass is 9.73. The summed E-state index contributed by atoms with van der Waals surface area (Å²) in [5.41, 5.74) is 2.45. The third kappa shape index (κ3) is 4.76. The minimum atomic E-state index is -4.68. The van der Waals surface area contributed by atoms with Crippen molar-refractivity contribution in [2.75, 3.05) is 29.5 Å². The molecule has 3 aliphatic heterocycles. The smallest absolute Gasteiger partial charge is 0.339 e. The number of nitrogens with zero attached hydrogens (tertiary/aromatic N) is 5. The molecule has 1 spiro atoms. The van der Waals surface area contributed by atoms with Gasteiger partial charge in [0.25, 0.3) is 0 Å². The summed E-state index contributed by atoms with van der Waals surface area (Å²) in [6, 6.07) is 7.91. The summed E-state index contributed by atoms with van der Waals surface area (Å²) in [5, 5.41) is 4.55. The van der Waals surface area contributed by atoms with E-state index < -0.39 is 33.4 Å². The number of carbonyl (C=O) groups is 1. The first kappa shape index (κ1) is 26.8. The van der Waals surface area contributed by atoms with Crippen LogP contribution in [0.5, 0.6) is 0 Å². The van der Waals surface area contributed by atoms with Crippen LogP contribution in [0.1, 0.15) is 49.4 Å². The number of alkyl halides is 3. The van der Waals surface area contributed by atoms with E-state index in [1.165, 1.54) is 12.1 Å². The molecule has 0 bridgehead atoms. The largest absolute Gasteiger partial charge is 0.413 e. The number of anilines is 2. The molecule has 1 amide bonds. The van der Waals surface area contributed by atoms with Gasteiger partial charge in [-0.3, -0.25) is 9.78 Å². The van der Waals surface area contributed by atoms with Crippen LogP contribution < -0.4 is 4.90 Å². The number of sulfone groups is 1. The summed E-state index contributed by atoms with van der Waals surface area (Å²) in [5.74, 6) is -0.899. The number of halogens is 3. The number of pyridine rings is 1. The molecule has 2 fully saturated rings. The molecule has 3 aromatic rings. The third-order valence-corrected chi connectivity index (χ3v) is 10.2. The normalized spacial score (nSPS) is 21.3. The molecule has 3 aliphatic rings. The highest BCUT2D eigenvalue weighted by Gasteiger charge is 2.54. The number of hydrogen-bond donors (Lipinski definition) is 0. The average molecular weight is 574 g/mol. The first-order valence-corrected chi connectivity index (χ1v) is 15.3. The minimum absolute atomic E-state index is 0.00614. The standard InChI is InChI=1S/C28H30F3N5O3S/c29-28(30,31)25(35-15-3-10-27(26(35)37)11-16-40(38,39)17-12-27)20-6-8-21(9-7-20)34-14-2-5-23-24(34)19-33-36(23)22-4-1-13-32-18-22/h1,4,6-9,13,18-19,25H,2-3,5,10-12,14-17H2/t25-/m0/s1. The van der Waals surface area contributed by atoms with Crippen molar-refractivity contribution in [1.82, 2.24) is 19.7 Å². The molecule has 0 unspecified atom stereocenters. The number of fused-ring (bicyclic) bond motifs is 1. The molecule has 5 heterocycles. The van der Waals surface area contributed by atoms with Crippen LogP contribution in [0.3, 0.4) is 0 Å². The van der Waals surface area contributed by atoms with Gasteiger partial charge >= 0.3 is 6.18 Å². The Bertz CT molecular complexity index is 1490. The first-order chi connectivity index (χ1) is 19.1. The van der Waals surface area contributed by atoms with Gasteiger partial charge in [-0.1, -0.05) is 12.1 Å². The minimum Gasteiger partial charge on any atom is -0.339 e. The Balaban J connectivity index is 1.28. The average Bonchev–Trinajstić information content (AvgIpc) is 3.37. The fraction of sp³-hybridized carbons (Fsp3) is 0.464. The summed E-state index contributed by atoms with van der Waals surface area (Å²) in [6.45, 7) is 0.687. The number of hydrogen-bond acceptors (Lipinski definition) is 6. The summed E-state index contributed by atoms with van der Waals surface area (Å²) in [7, 11) is -3.26. The van der Waals surface area contributed by atoms with Gasteiger partial charge in [-0.15, -0.1) is 0 Å². The monoisotopic (exact) mass is 573 g/mol. The van der Waals surface area contributed by atoms with Crippen LogP contribution in [0.25, 0.3) is 5.69 Å². The Morgan fingerprint density at radius 1 is 0.925 bits per heavy atom. The van der Waals surface area contributed by atoms with Gasteiger partial charge in [-0.2, -0.15) is 18.3 Å². The fourth-order valence-corrected chi connectivity index (χ4v) is 8.05. The summed E-state index contributed by atoms with van der Waals surface area (Å²) < 4.78 is 69.4. The van der Waals surface area contributed by atoms with E-state index in [1.807, 2.05) is 16.8 Å². The molecule has 8 nitrogen and oxygen atoms in total. The van der Waals surface area contributed by atoms with Gasteiger partial charge in [0.2, 0.25) is 5.91 Å². The Labute approximate surface area is 230 Å². The number of carbonyl (C=O) groups excluding carboxylic acids is 1. The summed E-state index contributed by atoms with van der Waals surface area (Å²) in [6.07, 6.45) is 3.18. The van der Waals surface area contributed by atoms with Gasteiger partial charge in [0.05, 0.1) is 46.4 Å². The van der Waals surface area contributed by atoms with Gasteiger partial charge in [0.1, 0.15) is 9.84 Å². The van der Waals surface area contributed by atoms with E-state index in [1.54, 1.807) is 30.7 Å². The van der Waals surface area contributed by atoms with Gasteiger partial charge < -0.3 is 9.80 Å². The van der Waals surface area contributed by atoms with Crippen molar-refractivity contribution in [1.29, 1.82) is 0 Å². The van der Waals surface area contributed by atoms with Crippen LogP contribution in [0, 0.1) is 5.41 Å². The van der Waals surface area contributed by atoms with E-state index in [9.17, 15) is 26.4 Å². The fourth-order valence-electron chi connectivity index (χ4n) is 6.44. The highest BCUT2D eigenvalue weighted by atomic mass is 32.2. The van der Waals surface area contributed by atoms with Gasteiger partial charge in [-0.25, -0.2) is 13.1 Å². The van der Waals surface area contributed by atoms with Crippen LogP contribution in [-0.2, 0) is 21.1 Å². The number of rotatable bonds is 4. The molecular weight excluding hydrogens is 543 g/mol. The predicted molar refractivity (Wildman–Crippen MR) is 143 cm³/mol. The van der Waals surface area contributed by atoms with Crippen molar-refractivity contribution in [3.8, 4) is 5.69 Å². The highest BCUT2D eigenvalue weighted by Crippen LogP contribution is 2.47. The second-order valence-corrected chi connectivity index (χ2v) is 13.2. The maximum Gasteiger partial charge on any atom is 0.413 e. The van der Waals surface area contributed by atoms with Crippen molar-refractivity contribution in [3.05, 3.63) is 66.2 Å². The Kier molecular flexibility index (Phi) is 6.63. The molecule has 0 saturated carbocycles. The van der Waals surface area contributed by atoms with E-state index in [2.05, 4.69) is 15.0 Å². The molecule has 40 heavy (non-hydrogen) atoms. The van der Waals surface area contributed by atoms with E-state index in [4.69, 9.17) is 0 Å². The van der Waals surface area contributed by atoms with Gasteiger partial charge in [-0.05, 0) is 68.4 Å². The zero-order valence-electron chi connectivity index (χ0n) is 21.8. The second-order valence-electron chi connectivity index (χ2n) is 10.9. The second kappa shape index (κ2) is 9.90. The van der Waals surface area contributed by atoms with Crippen molar-refractivity contribution >= 4 is 27.1 Å². The van der Waals surface area contributed by atoms with Crippen LogP contribution >= 0.6 is 0 Å². The van der Waals surface area contributed by atoms with Gasteiger partial charge in [0, 0.05) is 25.0 Å². The maximum absolute atomic E-state index is 14.5.